The van der Waals surface area contributed by atoms with Crippen molar-refractivity contribution in [3.63, 3.8) is 0 Å². The van der Waals surface area contributed by atoms with Gasteiger partial charge in [0.2, 0.25) is 0 Å². The van der Waals surface area contributed by atoms with Gasteiger partial charge < -0.3 is 25.2 Å². The molecule has 1 saturated heterocycles. The summed E-state index contributed by atoms with van der Waals surface area (Å²) in [6.45, 7) is 3.20. The Morgan fingerprint density at radius 1 is 1.14 bits per heavy atom. The van der Waals surface area contributed by atoms with E-state index in [2.05, 4.69) is 0 Å². The van der Waals surface area contributed by atoms with Gasteiger partial charge in [0.25, 0.3) is 0 Å². The Morgan fingerprint density at radius 2 is 1.71 bits per heavy atom. The van der Waals surface area contributed by atoms with Gasteiger partial charge >= 0.3 is 0 Å². The van der Waals surface area contributed by atoms with E-state index >= 15 is 0 Å². The Morgan fingerprint density at radius 3 is 2.21 bits per heavy atom. The van der Waals surface area contributed by atoms with Gasteiger partial charge in [0.1, 0.15) is 18.3 Å². The molecule has 0 saturated carbocycles. The standard InChI is InChI=1S/C9H18O5/c1-4(10)3-6-8(12)9(13)7(11)5(2)14-6/h4-13H,3H2,1-2H3/t4?,5-,6-,7-,8-,9+/m0/s1. The third-order valence-electron chi connectivity index (χ3n) is 2.52. The van der Waals surface area contributed by atoms with Gasteiger partial charge in [-0.15, -0.1) is 0 Å². The average molecular weight is 206 g/mol. The van der Waals surface area contributed by atoms with Gasteiger partial charge in [-0.3, -0.25) is 0 Å². The van der Waals surface area contributed by atoms with Crippen LogP contribution in [0.4, 0.5) is 0 Å². The first kappa shape index (κ1) is 11.9. The van der Waals surface area contributed by atoms with E-state index < -0.39 is 36.6 Å². The van der Waals surface area contributed by atoms with Crippen LogP contribution in [0.5, 0.6) is 0 Å². The van der Waals surface area contributed by atoms with Crippen LogP contribution in [0.1, 0.15) is 20.3 Å². The maximum Gasteiger partial charge on any atom is 0.111 e. The molecule has 1 fully saturated rings. The molecule has 1 heterocycles. The summed E-state index contributed by atoms with van der Waals surface area (Å²) in [5, 5.41) is 37.5. The van der Waals surface area contributed by atoms with Crippen LogP contribution in [0, 0.1) is 0 Å². The summed E-state index contributed by atoms with van der Waals surface area (Å²) < 4.78 is 5.27. The highest BCUT2D eigenvalue weighted by Crippen LogP contribution is 2.23. The number of ether oxygens (including phenoxy) is 1. The van der Waals surface area contributed by atoms with Crippen molar-refractivity contribution in [3.05, 3.63) is 0 Å². The summed E-state index contributed by atoms with van der Waals surface area (Å²) in [5.74, 6) is 0. The summed E-state index contributed by atoms with van der Waals surface area (Å²) in [6.07, 6.45) is -4.94. The molecule has 1 aliphatic rings. The number of hydrogen-bond donors (Lipinski definition) is 4. The van der Waals surface area contributed by atoms with E-state index in [0.717, 1.165) is 0 Å². The first-order chi connectivity index (χ1) is 6.43. The molecule has 1 unspecified atom stereocenters. The molecule has 1 rings (SSSR count). The number of aliphatic hydroxyl groups is 4. The Labute approximate surface area is 82.9 Å². The third-order valence-corrected chi connectivity index (χ3v) is 2.52. The van der Waals surface area contributed by atoms with Crippen LogP contribution in [0.3, 0.4) is 0 Å². The van der Waals surface area contributed by atoms with E-state index in [-0.39, 0.29) is 6.42 Å². The van der Waals surface area contributed by atoms with E-state index in [0.29, 0.717) is 0 Å². The van der Waals surface area contributed by atoms with E-state index in [1.807, 2.05) is 0 Å². The molecule has 6 atom stereocenters. The highest BCUT2D eigenvalue weighted by Gasteiger charge is 2.41. The van der Waals surface area contributed by atoms with Crippen LogP contribution in [0.25, 0.3) is 0 Å². The second kappa shape index (κ2) is 4.55. The van der Waals surface area contributed by atoms with E-state index in [4.69, 9.17) is 9.84 Å². The zero-order chi connectivity index (χ0) is 10.9. The lowest BCUT2D eigenvalue weighted by Crippen LogP contribution is -2.57. The molecule has 84 valence electrons. The minimum atomic E-state index is -1.21. The van der Waals surface area contributed by atoms with Crippen LogP contribution in [-0.2, 0) is 4.74 Å². The maximum atomic E-state index is 9.53. The molecule has 0 aromatic rings. The van der Waals surface area contributed by atoms with Gasteiger partial charge in [-0.2, -0.15) is 0 Å². The maximum absolute atomic E-state index is 9.53. The zero-order valence-electron chi connectivity index (χ0n) is 8.37. The number of rotatable bonds is 2. The summed E-state index contributed by atoms with van der Waals surface area (Å²) in [7, 11) is 0. The average Bonchev–Trinajstić information content (AvgIpc) is 2.10. The molecule has 1 aliphatic heterocycles. The van der Waals surface area contributed by atoms with Crippen molar-refractivity contribution >= 4 is 0 Å². The minimum absolute atomic E-state index is 0.245. The molecule has 14 heavy (non-hydrogen) atoms. The zero-order valence-corrected chi connectivity index (χ0v) is 8.37. The fourth-order valence-electron chi connectivity index (χ4n) is 1.67. The first-order valence-corrected chi connectivity index (χ1v) is 4.81. The molecule has 0 spiro atoms. The van der Waals surface area contributed by atoms with Crippen molar-refractivity contribution in [1.82, 2.24) is 0 Å². The highest BCUT2D eigenvalue weighted by molar-refractivity contribution is 4.90. The highest BCUT2D eigenvalue weighted by atomic mass is 16.5. The first-order valence-electron chi connectivity index (χ1n) is 4.81. The van der Waals surface area contributed by atoms with Gasteiger partial charge in [-0.25, -0.2) is 0 Å². The molecule has 4 N–H and O–H groups in total. The van der Waals surface area contributed by atoms with Gasteiger partial charge in [0.15, 0.2) is 0 Å². The Bertz CT molecular complexity index is 184. The van der Waals surface area contributed by atoms with E-state index in [1.54, 1.807) is 13.8 Å². The predicted octanol–water partition coefficient (Wildman–Crippen LogP) is -1.37. The van der Waals surface area contributed by atoms with Crippen LogP contribution in [-0.4, -0.2) is 57.0 Å². The predicted molar refractivity (Wildman–Crippen MR) is 48.7 cm³/mol. The number of hydrogen-bond acceptors (Lipinski definition) is 5. The SMILES string of the molecule is CC(O)C[C@@H]1O[C@@H](C)[C@H](O)[C@@H](O)[C@H]1O. The molecule has 0 aromatic heterocycles. The second-order valence-corrected chi connectivity index (χ2v) is 3.94. The molecule has 5 nitrogen and oxygen atoms in total. The number of aliphatic hydroxyl groups excluding tert-OH is 4. The van der Waals surface area contributed by atoms with E-state index in [1.165, 1.54) is 0 Å². The molecular formula is C9H18O5. The smallest absolute Gasteiger partial charge is 0.111 e. The fraction of sp³-hybridized carbons (Fsp3) is 1.00. The van der Waals surface area contributed by atoms with Crippen molar-refractivity contribution in [1.29, 1.82) is 0 Å². The van der Waals surface area contributed by atoms with Gasteiger partial charge in [0, 0.05) is 6.42 Å². The van der Waals surface area contributed by atoms with E-state index in [9.17, 15) is 15.3 Å². The molecule has 0 aromatic carbocycles. The van der Waals surface area contributed by atoms with Crippen LogP contribution in [0.15, 0.2) is 0 Å². The summed E-state index contributed by atoms with van der Waals surface area (Å²) >= 11 is 0. The van der Waals surface area contributed by atoms with Crippen molar-refractivity contribution < 1.29 is 25.2 Å². The van der Waals surface area contributed by atoms with Gasteiger partial charge in [-0.1, -0.05) is 0 Å². The van der Waals surface area contributed by atoms with Crippen molar-refractivity contribution in [2.45, 2.75) is 56.9 Å². The fourth-order valence-corrected chi connectivity index (χ4v) is 1.67. The van der Waals surface area contributed by atoms with Crippen molar-refractivity contribution in [2.75, 3.05) is 0 Å². The van der Waals surface area contributed by atoms with Crippen molar-refractivity contribution in [3.8, 4) is 0 Å². The summed E-state index contributed by atoms with van der Waals surface area (Å²) in [5.41, 5.74) is 0. The molecule has 0 amide bonds. The largest absolute Gasteiger partial charge is 0.393 e. The Kier molecular flexibility index (Phi) is 3.86. The lowest BCUT2D eigenvalue weighted by atomic mass is 9.93. The lowest BCUT2D eigenvalue weighted by molar-refractivity contribution is -0.222. The minimum Gasteiger partial charge on any atom is -0.393 e. The molecular weight excluding hydrogens is 188 g/mol. The quantitative estimate of drug-likeness (QED) is 0.447. The normalized spacial score (nSPS) is 46.3. The van der Waals surface area contributed by atoms with Crippen LogP contribution in [0.2, 0.25) is 0 Å². The molecule has 5 heteroatoms. The summed E-state index contributed by atoms with van der Waals surface area (Å²) in [6, 6.07) is 0. The summed E-state index contributed by atoms with van der Waals surface area (Å²) in [4.78, 5) is 0. The van der Waals surface area contributed by atoms with Gasteiger partial charge in [0.05, 0.1) is 18.3 Å². The topological polar surface area (TPSA) is 90.2 Å². The van der Waals surface area contributed by atoms with Gasteiger partial charge in [-0.05, 0) is 13.8 Å². The lowest BCUT2D eigenvalue weighted by Gasteiger charge is -2.39. The third kappa shape index (κ3) is 2.43. The molecule has 0 bridgehead atoms. The van der Waals surface area contributed by atoms with Crippen LogP contribution < -0.4 is 0 Å². The van der Waals surface area contributed by atoms with Crippen molar-refractivity contribution in [2.24, 2.45) is 0 Å². The van der Waals surface area contributed by atoms with Crippen LogP contribution >= 0.6 is 0 Å². The molecule has 0 aliphatic carbocycles. The molecule has 0 radical (unpaired) electrons. The Balaban J connectivity index is 2.60. The second-order valence-electron chi connectivity index (χ2n) is 3.94. The Hall–Kier alpha value is -0.200. The monoisotopic (exact) mass is 206 g/mol.